The molecule has 2 aromatic heterocycles. The van der Waals surface area contributed by atoms with Gasteiger partial charge in [0.2, 0.25) is 5.91 Å². The third kappa shape index (κ3) is 4.03. The van der Waals surface area contributed by atoms with Crippen LogP contribution in [0.25, 0.3) is 0 Å². The Morgan fingerprint density at radius 2 is 2.15 bits per heavy atom. The van der Waals surface area contributed by atoms with Gasteiger partial charge in [-0.15, -0.1) is 0 Å². The maximum Gasteiger partial charge on any atom is 0.219 e. The number of nitrogens with one attached hydrogen (secondary N) is 2. The van der Waals surface area contributed by atoms with Gasteiger partial charge in [-0.3, -0.25) is 9.89 Å². The number of carbonyl (C=O) groups is 1. The summed E-state index contributed by atoms with van der Waals surface area (Å²) >= 11 is 0. The van der Waals surface area contributed by atoms with Crippen molar-refractivity contribution in [1.82, 2.24) is 25.1 Å². The summed E-state index contributed by atoms with van der Waals surface area (Å²) in [5.41, 5.74) is 3.48. The van der Waals surface area contributed by atoms with E-state index in [0.29, 0.717) is 0 Å². The molecule has 138 valence electrons. The highest BCUT2D eigenvalue weighted by atomic mass is 16.2. The molecule has 0 atom stereocenters. The SMILES string of the molecule is CC(=O)N1CCc2nc(CC3CC3)nc(NCCc3cn[nH]c3)c2CC1. The van der Waals surface area contributed by atoms with Gasteiger partial charge in [0.1, 0.15) is 11.6 Å². The van der Waals surface area contributed by atoms with Gasteiger partial charge in [-0.1, -0.05) is 0 Å². The molecular formula is C19H26N6O. The molecule has 1 saturated carbocycles. The van der Waals surface area contributed by atoms with Crippen LogP contribution >= 0.6 is 0 Å². The summed E-state index contributed by atoms with van der Waals surface area (Å²) in [5, 5.41) is 10.4. The van der Waals surface area contributed by atoms with Crippen LogP contribution in [-0.4, -0.2) is 50.6 Å². The van der Waals surface area contributed by atoms with Crippen molar-refractivity contribution in [2.45, 2.75) is 45.4 Å². The standard InChI is InChI=1S/C19H26N6O/c1-13(26)25-8-5-16-17(6-9-25)23-18(10-14-2-3-14)24-19(16)20-7-4-15-11-21-22-12-15/h11-12,14H,2-10H2,1H3,(H,21,22)(H,20,23,24). The summed E-state index contributed by atoms with van der Waals surface area (Å²) in [6, 6.07) is 0. The second-order valence-corrected chi connectivity index (χ2v) is 7.35. The Labute approximate surface area is 153 Å². The zero-order valence-electron chi connectivity index (χ0n) is 15.3. The minimum absolute atomic E-state index is 0.137. The number of H-pyrrole nitrogens is 1. The van der Waals surface area contributed by atoms with E-state index in [9.17, 15) is 4.79 Å². The topological polar surface area (TPSA) is 86.8 Å². The molecule has 3 heterocycles. The van der Waals surface area contributed by atoms with Gasteiger partial charge in [0, 0.05) is 51.2 Å². The summed E-state index contributed by atoms with van der Waals surface area (Å²) in [4.78, 5) is 23.4. The third-order valence-corrected chi connectivity index (χ3v) is 5.26. The normalized spacial score (nSPS) is 16.9. The molecule has 0 spiro atoms. The lowest BCUT2D eigenvalue weighted by atomic mass is 10.1. The van der Waals surface area contributed by atoms with Crippen LogP contribution in [0.15, 0.2) is 12.4 Å². The first-order valence-corrected chi connectivity index (χ1v) is 9.54. The molecule has 1 aliphatic heterocycles. The van der Waals surface area contributed by atoms with Crippen LogP contribution in [-0.2, 0) is 30.5 Å². The molecule has 0 unspecified atom stereocenters. The molecule has 1 amide bonds. The summed E-state index contributed by atoms with van der Waals surface area (Å²) in [6.07, 6.45) is 9.85. The Morgan fingerprint density at radius 1 is 1.31 bits per heavy atom. The zero-order valence-corrected chi connectivity index (χ0v) is 15.3. The van der Waals surface area contributed by atoms with Crippen molar-refractivity contribution in [2.75, 3.05) is 25.0 Å². The Balaban J connectivity index is 1.53. The smallest absolute Gasteiger partial charge is 0.219 e. The molecule has 2 aliphatic rings. The number of amides is 1. The Kier molecular flexibility index (Phi) is 4.86. The van der Waals surface area contributed by atoms with E-state index in [-0.39, 0.29) is 5.91 Å². The average molecular weight is 354 g/mol. The van der Waals surface area contributed by atoms with Gasteiger partial charge in [-0.25, -0.2) is 9.97 Å². The van der Waals surface area contributed by atoms with Gasteiger partial charge in [0.05, 0.1) is 11.9 Å². The van der Waals surface area contributed by atoms with Crippen molar-refractivity contribution in [2.24, 2.45) is 5.92 Å². The second kappa shape index (κ2) is 7.43. The van der Waals surface area contributed by atoms with Crippen molar-refractivity contribution in [3.8, 4) is 0 Å². The van der Waals surface area contributed by atoms with Gasteiger partial charge < -0.3 is 10.2 Å². The molecule has 1 aliphatic carbocycles. The van der Waals surface area contributed by atoms with E-state index in [1.165, 1.54) is 24.0 Å². The number of fused-ring (bicyclic) bond motifs is 1. The lowest BCUT2D eigenvalue weighted by Crippen LogP contribution is -2.31. The van der Waals surface area contributed by atoms with Crippen molar-refractivity contribution in [1.29, 1.82) is 0 Å². The van der Waals surface area contributed by atoms with Crippen LogP contribution in [0.5, 0.6) is 0 Å². The predicted octanol–water partition coefficient (Wildman–Crippen LogP) is 1.75. The quantitative estimate of drug-likeness (QED) is 0.825. The molecule has 7 heteroatoms. The fraction of sp³-hybridized carbons (Fsp3) is 0.579. The monoisotopic (exact) mass is 354 g/mol. The summed E-state index contributed by atoms with van der Waals surface area (Å²) in [5.74, 6) is 2.80. The molecule has 4 rings (SSSR count). The second-order valence-electron chi connectivity index (χ2n) is 7.35. The fourth-order valence-corrected chi connectivity index (χ4v) is 3.52. The van der Waals surface area contributed by atoms with Gasteiger partial charge in [-0.05, 0) is 37.2 Å². The van der Waals surface area contributed by atoms with E-state index in [0.717, 1.165) is 68.6 Å². The molecule has 2 N–H and O–H groups in total. The Bertz CT molecular complexity index is 769. The number of carbonyl (C=O) groups excluding carboxylic acids is 1. The lowest BCUT2D eigenvalue weighted by molar-refractivity contribution is -0.128. The molecule has 1 fully saturated rings. The molecule has 0 aromatic carbocycles. The molecule has 7 nitrogen and oxygen atoms in total. The zero-order chi connectivity index (χ0) is 17.9. The molecule has 0 bridgehead atoms. The number of nitrogens with zero attached hydrogens (tertiary/aromatic N) is 4. The maximum atomic E-state index is 11.8. The minimum Gasteiger partial charge on any atom is -0.369 e. The first kappa shape index (κ1) is 17.0. The van der Waals surface area contributed by atoms with Gasteiger partial charge >= 0.3 is 0 Å². The number of hydrogen-bond donors (Lipinski definition) is 2. The van der Waals surface area contributed by atoms with E-state index >= 15 is 0 Å². The van der Waals surface area contributed by atoms with Crippen LogP contribution in [0.2, 0.25) is 0 Å². The number of hydrogen-bond acceptors (Lipinski definition) is 5. The van der Waals surface area contributed by atoms with Crippen LogP contribution in [0.1, 0.15) is 42.4 Å². The number of aromatic nitrogens is 4. The Morgan fingerprint density at radius 3 is 2.88 bits per heavy atom. The highest BCUT2D eigenvalue weighted by molar-refractivity contribution is 5.73. The third-order valence-electron chi connectivity index (χ3n) is 5.26. The average Bonchev–Trinajstić information content (AvgIpc) is 3.33. The van der Waals surface area contributed by atoms with Crippen LogP contribution in [0.4, 0.5) is 5.82 Å². The highest BCUT2D eigenvalue weighted by Gasteiger charge is 2.26. The van der Waals surface area contributed by atoms with Gasteiger partial charge in [0.15, 0.2) is 0 Å². The minimum atomic E-state index is 0.137. The number of rotatable bonds is 6. The van der Waals surface area contributed by atoms with E-state index in [4.69, 9.17) is 9.97 Å². The molecule has 0 radical (unpaired) electrons. The van der Waals surface area contributed by atoms with E-state index < -0.39 is 0 Å². The largest absolute Gasteiger partial charge is 0.369 e. The summed E-state index contributed by atoms with van der Waals surface area (Å²) < 4.78 is 0. The highest BCUT2D eigenvalue weighted by Crippen LogP contribution is 2.32. The molecule has 0 saturated heterocycles. The van der Waals surface area contributed by atoms with Crippen molar-refractivity contribution in [3.05, 3.63) is 35.0 Å². The first-order valence-electron chi connectivity index (χ1n) is 9.54. The maximum absolute atomic E-state index is 11.8. The van der Waals surface area contributed by atoms with Crippen molar-refractivity contribution < 1.29 is 4.79 Å². The Hall–Kier alpha value is -2.44. The number of aromatic amines is 1. The molecule has 2 aromatic rings. The van der Waals surface area contributed by atoms with Gasteiger partial charge in [-0.2, -0.15) is 5.10 Å². The van der Waals surface area contributed by atoms with E-state index in [1.54, 1.807) is 6.92 Å². The van der Waals surface area contributed by atoms with Crippen molar-refractivity contribution >= 4 is 11.7 Å². The van der Waals surface area contributed by atoms with E-state index in [1.807, 2.05) is 17.3 Å². The van der Waals surface area contributed by atoms with Crippen LogP contribution in [0.3, 0.4) is 0 Å². The van der Waals surface area contributed by atoms with Crippen molar-refractivity contribution in [3.63, 3.8) is 0 Å². The molecular weight excluding hydrogens is 328 g/mol. The predicted molar refractivity (Wildman–Crippen MR) is 98.9 cm³/mol. The fourth-order valence-electron chi connectivity index (χ4n) is 3.52. The van der Waals surface area contributed by atoms with E-state index in [2.05, 4.69) is 15.5 Å². The van der Waals surface area contributed by atoms with Crippen LogP contribution < -0.4 is 5.32 Å². The molecule has 26 heavy (non-hydrogen) atoms. The first-order chi connectivity index (χ1) is 12.7. The number of anilines is 1. The summed E-state index contributed by atoms with van der Waals surface area (Å²) in [6.45, 7) is 3.94. The lowest BCUT2D eigenvalue weighted by Gasteiger charge is -2.17. The van der Waals surface area contributed by atoms with Crippen LogP contribution in [0, 0.1) is 5.92 Å². The van der Waals surface area contributed by atoms with Gasteiger partial charge in [0.25, 0.3) is 0 Å². The summed E-state index contributed by atoms with van der Waals surface area (Å²) in [7, 11) is 0.